The van der Waals surface area contributed by atoms with E-state index in [0.29, 0.717) is 16.8 Å². The van der Waals surface area contributed by atoms with Gasteiger partial charge in [-0.15, -0.1) is 0 Å². The van der Waals surface area contributed by atoms with Crippen molar-refractivity contribution in [3.8, 4) is 6.07 Å². The molecule has 0 unspecified atom stereocenters. The van der Waals surface area contributed by atoms with Crippen LogP contribution in [-0.2, 0) is 11.3 Å². The molecule has 0 fully saturated rings. The van der Waals surface area contributed by atoms with Crippen LogP contribution in [0, 0.1) is 17.1 Å². The van der Waals surface area contributed by atoms with E-state index in [1.165, 1.54) is 25.1 Å². The fraction of sp³-hybridized carbons (Fsp3) is 0.125. The van der Waals surface area contributed by atoms with Gasteiger partial charge in [0.1, 0.15) is 5.82 Å². The Labute approximate surface area is 122 Å². The summed E-state index contributed by atoms with van der Waals surface area (Å²) in [5.41, 5.74) is 2.25. The number of nitriles is 1. The van der Waals surface area contributed by atoms with Gasteiger partial charge in [-0.05, 0) is 36.4 Å². The van der Waals surface area contributed by atoms with E-state index in [9.17, 15) is 9.18 Å². The molecule has 5 heteroatoms. The minimum Gasteiger partial charge on any atom is -0.381 e. The van der Waals surface area contributed by atoms with E-state index in [0.717, 1.165) is 5.69 Å². The van der Waals surface area contributed by atoms with E-state index >= 15 is 0 Å². The van der Waals surface area contributed by atoms with Crippen molar-refractivity contribution >= 4 is 17.3 Å². The Morgan fingerprint density at radius 1 is 1.24 bits per heavy atom. The number of hydrogen-bond donors (Lipinski definition) is 2. The largest absolute Gasteiger partial charge is 0.381 e. The van der Waals surface area contributed by atoms with Gasteiger partial charge in [0.05, 0.1) is 11.6 Å². The maximum absolute atomic E-state index is 13.7. The molecule has 0 heterocycles. The molecule has 0 aliphatic rings. The quantitative estimate of drug-likeness (QED) is 0.905. The average Bonchev–Trinajstić information content (AvgIpc) is 2.46. The zero-order valence-corrected chi connectivity index (χ0v) is 11.5. The van der Waals surface area contributed by atoms with Crippen molar-refractivity contribution in [3.05, 3.63) is 59.4 Å². The van der Waals surface area contributed by atoms with Gasteiger partial charge in [-0.3, -0.25) is 4.79 Å². The molecule has 0 atom stereocenters. The van der Waals surface area contributed by atoms with Crippen LogP contribution in [0.2, 0.25) is 0 Å². The number of amides is 1. The highest BCUT2D eigenvalue weighted by Crippen LogP contribution is 2.17. The zero-order valence-electron chi connectivity index (χ0n) is 11.5. The summed E-state index contributed by atoms with van der Waals surface area (Å²) in [4.78, 5) is 11.0. The lowest BCUT2D eigenvalue weighted by molar-refractivity contribution is -0.114. The topological polar surface area (TPSA) is 64.9 Å². The lowest BCUT2D eigenvalue weighted by atomic mass is 10.1. The molecule has 0 bridgehead atoms. The second kappa shape index (κ2) is 6.53. The first-order valence-electron chi connectivity index (χ1n) is 6.38. The predicted octanol–water partition coefficient (Wildman–Crippen LogP) is 3.27. The highest BCUT2D eigenvalue weighted by atomic mass is 19.1. The monoisotopic (exact) mass is 283 g/mol. The summed E-state index contributed by atoms with van der Waals surface area (Å²) in [5, 5.41) is 14.6. The summed E-state index contributed by atoms with van der Waals surface area (Å²) < 4.78 is 13.7. The Balaban J connectivity index is 2.10. The summed E-state index contributed by atoms with van der Waals surface area (Å²) in [7, 11) is 0. The zero-order chi connectivity index (χ0) is 15.2. The maximum atomic E-state index is 13.7. The number of nitrogens with one attached hydrogen (secondary N) is 2. The molecule has 0 spiro atoms. The molecule has 4 nitrogen and oxygen atoms in total. The maximum Gasteiger partial charge on any atom is 0.221 e. The SMILES string of the molecule is CC(=O)Nc1cccc(NCc2cc(C#N)ccc2F)c1. The van der Waals surface area contributed by atoms with Crippen molar-refractivity contribution < 1.29 is 9.18 Å². The number of anilines is 2. The van der Waals surface area contributed by atoms with Crippen LogP contribution in [0.4, 0.5) is 15.8 Å². The van der Waals surface area contributed by atoms with Crippen LogP contribution in [0.1, 0.15) is 18.1 Å². The second-order valence-corrected chi connectivity index (χ2v) is 4.53. The third kappa shape index (κ3) is 4.05. The molecule has 106 valence electrons. The molecule has 2 N–H and O–H groups in total. The van der Waals surface area contributed by atoms with Gasteiger partial charge in [-0.1, -0.05) is 6.07 Å². The lowest BCUT2D eigenvalue weighted by Gasteiger charge is -2.09. The number of carbonyl (C=O) groups is 1. The van der Waals surface area contributed by atoms with Gasteiger partial charge < -0.3 is 10.6 Å². The lowest BCUT2D eigenvalue weighted by Crippen LogP contribution is -2.07. The molecule has 0 aliphatic heterocycles. The Bertz CT molecular complexity index is 707. The third-order valence-electron chi connectivity index (χ3n) is 2.84. The number of nitrogens with zero attached hydrogens (tertiary/aromatic N) is 1. The average molecular weight is 283 g/mol. The molecule has 21 heavy (non-hydrogen) atoms. The highest BCUT2D eigenvalue weighted by molar-refractivity contribution is 5.89. The molecule has 2 aromatic carbocycles. The van der Waals surface area contributed by atoms with E-state index < -0.39 is 0 Å². The first kappa shape index (κ1) is 14.5. The summed E-state index contributed by atoms with van der Waals surface area (Å²) in [6.07, 6.45) is 0. The van der Waals surface area contributed by atoms with Crippen LogP contribution in [0.25, 0.3) is 0 Å². The van der Waals surface area contributed by atoms with Crippen LogP contribution in [0.3, 0.4) is 0 Å². The van der Waals surface area contributed by atoms with Crippen LogP contribution in [0.5, 0.6) is 0 Å². The molecule has 0 saturated heterocycles. The van der Waals surface area contributed by atoms with E-state index in [2.05, 4.69) is 10.6 Å². The summed E-state index contributed by atoms with van der Waals surface area (Å²) in [6.45, 7) is 1.69. The molecule has 2 aromatic rings. The van der Waals surface area contributed by atoms with E-state index in [-0.39, 0.29) is 18.3 Å². The fourth-order valence-corrected chi connectivity index (χ4v) is 1.89. The Morgan fingerprint density at radius 2 is 2.00 bits per heavy atom. The minimum absolute atomic E-state index is 0.153. The standard InChI is InChI=1S/C16H14FN3O/c1-11(21)20-15-4-2-3-14(8-15)19-10-13-7-12(9-18)5-6-16(13)17/h2-8,19H,10H2,1H3,(H,20,21). The van der Waals surface area contributed by atoms with E-state index in [4.69, 9.17) is 5.26 Å². The Morgan fingerprint density at radius 3 is 2.71 bits per heavy atom. The Kier molecular flexibility index (Phi) is 4.52. The summed E-state index contributed by atoms with van der Waals surface area (Å²) in [6, 6.07) is 13.3. The number of rotatable bonds is 4. The highest BCUT2D eigenvalue weighted by Gasteiger charge is 2.04. The van der Waals surface area contributed by atoms with E-state index in [1.807, 2.05) is 12.1 Å². The van der Waals surface area contributed by atoms with Gasteiger partial charge in [-0.25, -0.2) is 4.39 Å². The van der Waals surface area contributed by atoms with Crippen LogP contribution < -0.4 is 10.6 Å². The molecule has 0 radical (unpaired) electrons. The molecule has 0 saturated carbocycles. The smallest absolute Gasteiger partial charge is 0.221 e. The summed E-state index contributed by atoms with van der Waals surface area (Å²) in [5.74, 6) is -0.514. The third-order valence-corrected chi connectivity index (χ3v) is 2.84. The van der Waals surface area contributed by atoms with Crippen molar-refractivity contribution in [1.82, 2.24) is 0 Å². The Hall–Kier alpha value is -2.87. The normalized spacial score (nSPS) is 9.76. The molecule has 1 amide bonds. The number of halogens is 1. The fourth-order valence-electron chi connectivity index (χ4n) is 1.89. The van der Waals surface area contributed by atoms with Gasteiger partial charge in [0.25, 0.3) is 0 Å². The van der Waals surface area contributed by atoms with Crippen LogP contribution >= 0.6 is 0 Å². The first-order valence-corrected chi connectivity index (χ1v) is 6.38. The van der Waals surface area contributed by atoms with Crippen molar-refractivity contribution in [3.63, 3.8) is 0 Å². The summed E-state index contributed by atoms with van der Waals surface area (Å²) >= 11 is 0. The van der Waals surface area contributed by atoms with Crippen molar-refractivity contribution in [2.45, 2.75) is 13.5 Å². The number of hydrogen-bond acceptors (Lipinski definition) is 3. The first-order chi connectivity index (χ1) is 10.1. The molecular formula is C16H14FN3O. The van der Waals surface area contributed by atoms with Gasteiger partial charge in [0, 0.05) is 30.4 Å². The number of carbonyl (C=O) groups excluding carboxylic acids is 1. The van der Waals surface area contributed by atoms with Crippen molar-refractivity contribution in [2.75, 3.05) is 10.6 Å². The predicted molar refractivity (Wildman–Crippen MR) is 79.2 cm³/mol. The van der Waals surface area contributed by atoms with Gasteiger partial charge in [0.2, 0.25) is 5.91 Å². The van der Waals surface area contributed by atoms with Crippen molar-refractivity contribution in [1.29, 1.82) is 5.26 Å². The van der Waals surface area contributed by atoms with Gasteiger partial charge in [0.15, 0.2) is 0 Å². The number of benzene rings is 2. The molecule has 2 rings (SSSR count). The van der Waals surface area contributed by atoms with Gasteiger partial charge >= 0.3 is 0 Å². The molecule has 0 aromatic heterocycles. The second-order valence-electron chi connectivity index (χ2n) is 4.53. The van der Waals surface area contributed by atoms with E-state index in [1.54, 1.807) is 18.2 Å². The van der Waals surface area contributed by atoms with Gasteiger partial charge in [-0.2, -0.15) is 5.26 Å². The van der Waals surface area contributed by atoms with Crippen molar-refractivity contribution in [2.24, 2.45) is 0 Å². The molecular weight excluding hydrogens is 269 g/mol. The molecule has 0 aliphatic carbocycles. The van der Waals surface area contributed by atoms with Crippen LogP contribution in [0.15, 0.2) is 42.5 Å². The minimum atomic E-state index is -0.362. The van der Waals surface area contributed by atoms with Crippen LogP contribution in [-0.4, -0.2) is 5.91 Å².